The second kappa shape index (κ2) is 7.60. The molecule has 5 nitrogen and oxygen atoms in total. The molecular weight excluding hydrogens is 460 g/mol. The van der Waals surface area contributed by atoms with Gasteiger partial charge in [-0.2, -0.15) is 13.2 Å². The Labute approximate surface area is 161 Å². The highest BCUT2D eigenvalue weighted by Crippen LogP contribution is 2.35. The Morgan fingerprint density at radius 3 is 2.65 bits per heavy atom. The molecule has 3 rings (SSSR count). The van der Waals surface area contributed by atoms with E-state index in [9.17, 15) is 18.0 Å². The van der Waals surface area contributed by atoms with Crippen LogP contribution in [0.25, 0.3) is 0 Å². The van der Waals surface area contributed by atoms with Crippen molar-refractivity contribution < 1.29 is 18.0 Å². The van der Waals surface area contributed by atoms with E-state index in [1.807, 2.05) is 6.07 Å². The number of aromatic nitrogens is 2. The highest BCUT2D eigenvalue weighted by Gasteiger charge is 2.36. The van der Waals surface area contributed by atoms with E-state index in [-0.39, 0.29) is 24.8 Å². The molecule has 0 spiro atoms. The Balaban J connectivity index is 1.71. The van der Waals surface area contributed by atoms with Crippen LogP contribution in [0, 0.1) is 3.57 Å². The number of carbonyl (C=O) groups is 1. The number of anilines is 2. The van der Waals surface area contributed by atoms with Gasteiger partial charge in [0.05, 0.1) is 5.56 Å². The molecule has 0 aromatic carbocycles. The van der Waals surface area contributed by atoms with Crippen molar-refractivity contribution in [3.8, 4) is 0 Å². The van der Waals surface area contributed by atoms with Crippen LogP contribution in [0.15, 0.2) is 48.3 Å². The Morgan fingerprint density at radius 2 is 2.04 bits per heavy atom. The molecule has 0 fully saturated rings. The summed E-state index contributed by atoms with van der Waals surface area (Å²) in [5.74, 6) is 0.0215. The van der Waals surface area contributed by atoms with E-state index < -0.39 is 11.7 Å². The predicted octanol–water partition coefficient (Wildman–Crippen LogP) is 3.88. The third-order valence-corrected chi connectivity index (χ3v) is 4.50. The van der Waals surface area contributed by atoms with E-state index in [4.69, 9.17) is 0 Å². The number of rotatable bonds is 3. The number of nitrogens with one attached hydrogen (secondary N) is 1. The van der Waals surface area contributed by atoms with Crippen LogP contribution in [0.3, 0.4) is 0 Å². The highest BCUT2D eigenvalue weighted by molar-refractivity contribution is 14.1. The topological polar surface area (TPSA) is 58.1 Å². The molecule has 9 heteroatoms. The first-order valence-corrected chi connectivity index (χ1v) is 8.81. The van der Waals surface area contributed by atoms with Gasteiger partial charge >= 0.3 is 6.18 Å². The quantitative estimate of drug-likeness (QED) is 0.687. The van der Waals surface area contributed by atoms with Crippen molar-refractivity contribution in [1.82, 2.24) is 9.97 Å². The van der Waals surface area contributed by atoms with E-state index in [0.717, 1.165) is 9.64 Å². The maximum absolute atomic E-state index is 13.1. The number of alkyl halides is 3. The molecule has 0 unspecified atom stereocenters. The fourth-order valence-corrected chi connectivity index (χ4v) is 2.90. The molecule has 136 valence electrons. The summed E-state index contributed by atoms with van der Waals surface area (Å²) in [6, 6.07) is 5.79. The predicted molar refractivity (Wildman–Crippen MR) is 99.7 cm³/mol. The molecule has 26 heavy (non-hydrogen) atoms. The average molecular weight is 474 g/mol. The molecule has 0 aliphatic carbocycles. The van der Waals surface area contributed by atoms with E-state index in [2.05, 4.69) is 37.9 Å². The van der Waals surface area contributed by atoms with Crippen molar-refractivity contribution in [3.63, 3.8) is 0 Å². The molecule has 1 aliphatic rings. The standard InChI is InChI=1S/C17H14F3IN4O/c18-17(19,20)13-2-1-7-22-15(13)25-8-5-11(6-9-25)16(26)24-14-4-3-12(21)10-23-14/h1-5,7,10H,6,8-9H2,(H,23,24,26). The fraction of sp³-hybridized carbons (Fsp3) is 0.235. The zero-order chi connectivity index (χ0) is 18.7. The molecule has 1 aliphatic heterocycles. The smallest absolute Gasteiger partial charge is 0.352 e. The van der Waals surface area contributed by atoms with Crippen molar-refractivity contribution >= 4 is 40.1 Å². The first-order chi connectivity index (χ1) is 12.3. The van der Waals surface area contributed by atoms with Crippen molar-refractivity contribution in [3.05, 3.63) is 57.4 Å². The molecule has 1 N–H and O–H groups in total. The first kappa shape index (κ1) is 18.6. The van der Waals surface area contributed by atoms with E-state index in [1.54, 1.807) is 18.3 Å². The number of amides is 1. The maximum atomic E-state index is 13.1. The van der Waals surface area contributed by atoms with E-state index in [1.165, 1.54) is 17.2 Å². The lowest BCUT2D eigenvalue weighted by Gasteiger charge is -2.29. The van der Waals surface area contributed by atoms with Gasteiger partial charge in [-0.15, -0.1) is 0 Å². The molecule has 2 aromatic rings. The Hall–Kier alpha value is -2.17. The van der Waals surface area contributed by atoms with Crippen LogP contribution < -0.4 is 10.2 Å². The summed E-state index contributed by atoms with van der Waals surface area (Å²) < 4.78 is 40.3. The van der Waals surface area contributed by atoms with Crippen LogP contribution in [0.4, 0.5) is 24.8 Å². The normalized spacial score (nSPS) is 14.8. The van der Waals surface area contributed by atoms with Gasteiger partial charge in [-0.3, -0.25) is 4.79 Å². The number of hydrogen-bond acceptors (Lipinski definition) is 4. The molecule has 0 atom stereocenters. The number of pyridine rings is 2. The number of nitrogens with zero attached hydrogens (tertiary/aromatic N) is 3. The summed E-state index contributed by atoms with van der Waals surface area (Å²) in [6.45, 7) is 0.461. The summed E-state index contributed by atoms with van der Waals surface area (Å²) in [5, 5.41) is 2.69. The first-order valence-electron chi connectivity index (χ1n) is 7.73. The lowest BCUT2D eigenvalue weighted by Crippen LogP contribution is -2.33. The van der Waals surface area contributed by atoms with Gasteiger partial charge in [0, 0.05) is 34.6 Å². The lowest BCUT2D eigenvalue weighted by molar-refractivity contribution is -0.137. The minimum Gasteiger partial charge on any atom is -0.352 e. The zero-order valence-corrected chi connectivity index (χ0v) is 15.6. The number of halogens is 4. The van der Waals surface area contributed by atoms with Crippen molar-refractivity contribution in [1.29, 1.82) is 0 Å². The maximum Gasteiger partial charge on any atom is 0.419 e. The molecule has 0 saturated heterocycles. The van der Waals surface area contributed by atoms with Crippen LogP contribution in [-0.2, 0) is 11.0 Å². The third-order valence-electron chi connectivity index (χ3n) is 3.86. The van der Waals surface area contributed by atoms with Gasteiger partial charge in [-0.05, 0) is 53.3 Å². The SMILES string of the molecule is O=C(Nc1ccc(I)cn1)C1=CCN(c2ncccc2C(F)(F)F)CC1. The molecule has 0 saturated carbocycles. The van der Waals surface area contributed by atoms with Gasteiger partial charge in [0.1, 0.15) is 11.6 Å². The molecular formula is C17H14F3IN4O. The monoisotopic (exact) mass is 474 g/mol. The van der Waals surface area contributed by atoms with Crippen LogP contribution in [0.5, 0.6) is 0 Å². The summed E-state index contributed by atoms with van der Waals surface area (Å²) in [7, 11) is 0. The highest BCUT2D eigenvalue weighted by atomic mass is 127. The van der Waals surface area contributed by atoms with Crippen LogP contribution >= 0.6 is 22.6 Å². The second-order valence-electron chi connectivity index (χ2n) is 5.61. The van der Waals surface area contributed by atoms with Gasteiger partial charge in [0.15, 0.2) is 0 Å². The minimum absolute atomic E-state index is 0.116. The second-order valence-corrected chi connectivity index (χ2v) is 6.86. The van der Waals surface area contributed by atoms with Crippen molar-refractivity contribution in [2.45, 2.75) is 12.6 Å². The lowest BCUT2D eigenvalue weighted by atomic mass is 10.1. The summed E-state index contributed by atoms with van der Waals surface area (Å²) in [5.41, 5.74) is -0.254. The zero-order valence-electron chi connectivity index (χ0n) is 13.4. The molecule has 2 aromatic heterocycles. The van der Waals surface area contributed by atoms with Gasteiger partial charge in [-0.1, -0.05) is 6.08 Å². The number of carbonyl (C=O) groups excluding carboxylic acids is 1. The van der Waals surface area contributed by atoms with Crippen LogP contribution in [0.2, 0.25) is 0 Å². The van der Waals surface area contributed by atoms with Gasteiger partial charge in [0.25, 0.3) is 5.91 Å². The van der Waals surface area contributed by atoms with Gasteiger partial charge in [0.2, 0.25) is 0 Å². The van der Waals surface area contributed by atoms with Crippen LogP contribution in [0.1, 0.15) is 12.0 Å². The van der Waals surface area contributed by atoms with Gasteiger partial charge < -0.3 is 10.2 Å². The summed E-state index contributed by atoms with van der Waals surface area (Å²) in [4.78, 5) is 21.8. The Kier molecular flexibility index (Phi) is 5.44. The Bertz CT molecular complexity index is 837. The molecule has 3 heterocycles. The largest absolute Gasteiger partial charge is 0.419 e. The van der Waals surface area contributed by atoms with E-state index in [0.29, 0.717) is 17.8 Å². The third kappa shape index (κ3) is 4.32. The molecule has 0 radical (unpaired) electrons. The summed E-state index contributed by atoms with van der Waals surface area (Å²) >= 11 is 2.11. The summed E-state index contributed by atoms with van der Waals surface area (Å²) in [6.07, 6.45) is 0.442. The minimum atomic E-state index is -4.47. The fourth-order valence-electron chi connectivity index (χ4n) is 2.58. The van der Waals surface area contributed by atoms with Gasteiger partial charge in [-0.25, -0.2) is 9.97 Å². The van der Waals surface area contributed by atoms with E-state index >= 15 is 0 Å². The Morgan fingerprint density at radius 1 is 1.23 bits per heavy atom. The van der Waals surface area contributed by atoms with Crippen molar-refractivity contribution in [2.24, 2.45) is 0 Å². The van der Waals surface area contributed by atoms with Crippen molar-refractivity contribution in [2.75, 3.05) is 23.3 Å². The molecule has 1 amide bonds. The average Bonchev–Trinajstić information content (AvgIpc) is 2.63. The number of hydrogen-bond donors (Lipinski definition) is 1. The molecule has 0 bridgehead atoms. The van der Waals surface area contributed by atoms with Crippen LogP contribution in [-0.4, -0.2) is 29.0 Å².